The monoisotopic (exact) mass is 247 g/mol. The Kier molecular flexibility index (Phi) is 3.84. The fourth-order valence-corrected chi connectivity index (χ4v) is 2.59. The highest BCUT2D eigenvalue weighted by Gasteiger charge is 2.29. The van der Waals surface area contributed by atoms with Crippen molar-refractivity contribution in [2.45, 2.75) is 32.6 Å². The maximum atomic E-state index is 12.1. The molecule has 1 aliphatic carbocycles. The molecule has 0 unspecified atom stereocenters. The molecule has 1 aliphatic rings. The van der Waals surface area contributed by atoms with Crippen molar-refractivity contribution < 1.29 is 4.79 Å². The SMILES string of the molecule is CNc1ccncc1C(=O)NCC1(C)CCCC1. The number of carbonyl (C=O) groups is 1. The quantitative estimate of drug-likeness (QED) is 0.859. The second-order valence-corrected chi connectivity index (χ2v) is 5.37. The second kappa shape index (κ2) is 5.38. The Labute approximate surface area is 108 Å². The van der Waals surface area contributed by atoms with Gasteiger partial charge in [-0.15, -0.1) is 0 Å². The summed E-state index contributed by atoms with van der Waals surface area (Å²) in [6, 6.07) is 1.81. The minimum atomic E-state index is -0.0411. The maximum Gasteiger partial charge on any atom is 0.254 e. The summed E-state index contributed by atoms with van der Waals surface area (Å²) >= 11 is 0. The molecule has 0 aromatic carbocycles. The number of hydrogen-bond acceptors (Lipinski definition) is 3. The highest BCUT2D eigenvalue weighted by molar-refractivity contribution is 5.99. The fourth-order valence-electron chi connectivity index (χ4n) is 2.59. The molecule has 0 radical (unpaired) electrons. The van der Waals surface area contributed by atoms with Gasteiger partial charge in [0.15, 0.2) is 0 Å². The van der Waals surface area contributed by atoms with E-state index in [4.69, 9.17) is 0 Å². The van der Waals surface area contributed by atoms with Gasteiger partial charge in [-0.1, -0.05) is 19.8 Å². The van der Waals surface area contributed by atoms with Crippen molar-refractivity contribution in [3.8, 4) is 0 Å². The molecule has 1 aromatic rings. The molecule has 0 bridgehead atoms. The smallest absolute Gasteiger partial charge is 0.254 e. The van der Waals surface area contributed by atoms with Crippen LogP contribution in [0.5, 0.6) is 0 Å². The summed E-state index contributed by atoms with van der Waals surface area (Å²) < 4.78 is 0. The van der Waals surface area contributed by atoms with Crippen LogP contribution in [0.1, 0.15) is 43.0 Å². The van der Waals surface area contributed by atoms with E-state index >= 15 is 0 Å². The van der Waals surface area contributed by atoms with Gasteiger partial charge >= 0.3 is 0 Å². The third-order valence-electron chi connectivity index (χ3n) is 3.82. The molecular formula is C14H21N3O. The van der Waals surface area contributed by atoms with E-state index in [2.05, 4.69) is 22.5 Å². The third kappa shape index (κ3) is 2.81. The molecule has 0 spiro atoms. The van der Waals surface area contributed by atoms with E-state index in [-0.39, 0.29) is 11.3 Å². The molecule has 4 nitrogen and oxygen atoms in total. The van der Waals surface area contributed by atoms with Gasteiger partial charge in [0, 0.05) is 31.7 Å². The van der Waals surface area contributed by atoms with E-state index in [1.807, 2.05) is 13.1 Å². The molecule has 4 heteroatoms. The summed E-state index contributed by atoms with van der Waals surface area (Å²) in [6.45, 7) is 3.01. The molecule has 0 aliphatic heterocycles. The lowest BCUT2D eigenvalue weighted by Gasteiger charge is -2.23. The molecule has 1 fully saturated rings. The molecule has 1 heterocycles. The van der Waals surface area contributed by atoms with Crippen molar-refractivity contribution in [3.63, 3.8) is 0 Å². The first-order valence-electron chi connectivity index (χ1n) is 6.55. The molecule has 1 aromatic heterocycles. The molecule has 2 N–H and O–H groups in total. The van der Waals surface area contributed by atoms with Gasteiger partial charge in [-0.05, 0) is 24.3 Å². The van der Waals surface area contributed by atoms with E-state index in [1.54, 1.807) is 12.4 Å². The second-order valence-electron chi connectivity index (χ2n) is 5.37. The van der Waals surface area contributed by atoms with Gasteiger partial charge in [0.05, 0.1) is 5.56 Å². The summed E-state index contributed by atoms with van der Waals surface area (Å²) in [5.74, 6) is -0.0411. The first kappa shape index (κ1) is 12.9. The number of pyridine rings is 1. The summed E-state index contributed by atoms with van der Waals surface area (Å²) in [5, 5.41) is 6.05. The predicted octanol–water partition coefficient (Wildman–Crippen LogP) is 2.43. The topological polar surface area (TPSA) is 54.0 Å². The largest absolute Gasteiger partial charge is 0.387 e. The van der Waals surface area contributed by atoms with E-state index in [0.29, 0.717) is 5.56 Å². The van der Waals surface area contributed by atoms with Crippen LogP contribution in [0.15, 0.2) is 18.5 Å². The predicted molar refractivity (Wildman–Crippen MR) is 72.7 cm³/mol. The van der Waals surface area contributed by atoms with Crippen molar-refractivity contribution >= 4 is 11.6 Å². The lowest BCUT2D eigenvalue weighted by atomic mass is 9.89. The molecule has 98 valence electrons. The number of nitrogens with one attached hydrogen (secondary N) is 2. The van der Waals surface area contributed by atoms with Crippen LogP contribution in [0.4, 0.5) is 5.69 Å². The average molecular weight is 247 g/mol. The van der Waals surface area contributed by atoms with E-state index in [1.165, 1.54) is 25.7 Å². The zero-order chi connectivity index (χ0) is 13.0. The van der Waals surface area contributed by atoms with Crippen molar-refractivity contribution in [3.05, 3.63) is 24.0 Å². The Morgan fingerprint density at radius 3 is 2.83 bits per heavy atom. The van der Waals surface area contributed by atoms with Crippen LogP contribution in [0.25, 0.3) is 0 Å². The van der Waals surface area contributed by atoms with Gasteiger partial charge in [-0.25, -0.2) is 0 Å². The number of hydrogen-bond donors (Lipinski definition) is 2. The molecular weight excluding hydrogens is 226 g/mol. The van der Waals surface area contributed by atoms with Crippen LogP contribution in [-0.2, 0) is 0 Å². The lowest BCUT2D eigenvalue weighted by Crippen LogP contribution is -2.34. The fraction of sp³-hybridized carbons (Fsp3) is 0.571. The number of nitrogens with zero attached hydrogens (tertiary/aromatic N) is 1. The maximum absolute atomic E-state index is 12.1. The Balaban J connectivity index is 1.99. The number of carbonyl (C=O) groups excluding carboxylic acids is 1. The van der Waals surface area contributed by atoms with Gasteiger partial charge < -0.3 is 10.6 Å². The number of rotatable bonds is 4. The first-order chi connectivity index (χ1) is 8.64. The standard InChI is InChI=1S/C14H21N3O/c1-14(6-3-4-7-14)10-17-13(18)11-9-16-8-5-12(11)15-2/h5,8-9H,3-4,6-7,10H2,1-2H3,(H,15,16)(H,17,18). The molecule has 18 heavy (non-hydrogen) atoms. The third-order valence-corrected chi connectivity index (χ3v) is 3.82. The minimum Gasteiger partial charge on any atom is -0.387 e. The van der Waals surface area contributed by atoms with Crippen LogP contribution in [0, 0.1) is 5.41 Å². The van der Waals surface area contributed by atoms with Gasteiger partial charge in [0.1, 0.15) is 0 Å². The van der Waals surface area contributed by atoms with E-state index in [9.17, 15) is 4.79 Å². The average Bonchev–Trinajstić information content (AvgIpc) is 2.83. The summed E-state index contributed by atoms with van der Waals surface area (Å²) in [5.41, 5.74) is 1.71. The highest BCUT2D eigenvalue weighted by atomic mass is 16.1. The van der Waals surface area contributed by atoms with E-state index < -0.39 is 0 Å². The van der Waals surface area contributed by atoms with Gasteiger partial charge in [-0.3, -0.25) is 9.78 Å². The van der Waals surface area contributed by atoms with Crippen molar-refractivity contribution in [2.75, 3.05) is 18.9 Å². The highest BCUT2D eigenvalue weighted by Crippen LogP contribution is 2.36. The van der Waals surface area contributed by atoms with Crippen LogP contribution in [0.3, 0.4) is 0 Å². The first-order valence-corrected chi connectivity index (χ1v) is 6.55. The zero-order valence-electron chi connectivity index (χ0n) is 11.1. The Hall–Kier alpha value is -1.58. The van der Waals surface area contributed by atoms with Gasteiger partial charge in [0.25, 0.3) is 5.91 Å². The normalized spacial score (nSPS) is 17.4. The Morgan fingerprint density at radius 2 is 2.17 bits per heavy atom. The summed E-state index contributed by atoms with van der Waals surface area (Å²) in [7, 11) is 1.81. The van der Waals surface area contributed by atoms with Gasteiger partial charge in [-0.2, -0.15) is 0 Å². The van der Waals surface area contributed by atoms with Gasteiger partial charge in [0.2, 0.25) is 0 Å². The number of anilines is 1. The van der Waals surface area contributed by atoms with Crippen LogP contribution < -0.4 is 10.6 Å². The molecule has 0 saturated heterocycles. The molecule has 0 atom stereocenters. The minimum absolute atomic E-state index is 0.0411. The van der Waals surface area contributed by atoms with Crippen LogP contribution >= 0.6 is 0 Å². The van der Waals surface area contributed by atoms with E-state index in [0.717, 1.165) is 12.2 Å². The molecule has 1 saturated carbocycles. The molecule has 2 rings (SSSR count). The van der Waals surface area contributed by atoms with Crippen LogP contribution in [-0.4, -0.2) is 24.5 Å². The summed E-state index contributed by atoms with van der Waals surface area (Å²) in [6.07, 6.45) is 8.26. The molecule has 1 amide bonds. The Morgan fingerprint density at radius 1 is 1.44 bits per heavy atom. The number of aromatic nitrogens is 1. The van der Waals surface area contributed by atoms with Crippen molar-refractivity contribution in [2.24, 2.45) is 5.41 Å². The lowest BCUT2D eigenvalue weighted by molar-refractivity contribution is 0.0934. The van der Waals surface area contributed by atoms with Crippen molar-refractivity contribution in [1.29, 1.82) is 0 Å². The Bertz CT molecular complexity index is 425. The van der Waals surface area contributed by atoms with Crippen molar-refractivity contribution in [1.82, 2.24) is 10.3 Å². The zero-order valence-corrected chi connectivity index (χ0v) is 11.1. The van der Waals surface area contributed by atoms with Crippen LogP contribution in [0.2, 0.25) is 0 Å². The summed E-state index contributed by atoms with van der Waals surface area (Å²) in [4.78, 5) is 16.1. The number of amides is 1.